The minimum atomic E-state index is -0.379. The summed E-state index contributed by atoms with van der Waals surface area (Å²) in [5, 5.41) is -0.214. The van der Waals surface area contributed by atoms with Gasteiger partial charge in [-0.2, -0.15) is 0 Å². The Morgan fingerprint density at radius 1 is 1.33 bits per heavy atom. The highest BCUT2D eigenvalue weighted by Gasteiger charge is 2.16. The van der Waals surface area contributed by atoms with Crippen molar-refractivity contribution < 1.29 is 9.59 Å². The van der Waals surface area contributed by atoms with Gasteiger partial charge in [0.25, 0.3) is 5.24 Å². The van der Waals surface area contributed by atoms with Crippen LogP contribution in [0, 0.1) is 0 Å². The third kappa shape index (κ3) is 4.21. The van der Waals surface area contributed by atoms with Crippen molar-refractivity contribution in [2.75, 3.05) is 13.1 Å². The fourth-order valence-corrected chi connectivity index (χ4v) is 1.64. The first-order valence-electron chi connectivity index (χ1n) is 5.38. The quantitative estimate of drug-likeness (QED) is 0.756. The average molecular weight is 265 g/mol. The molecule has 1 aliphatic rings. The van der Waals surface area contributed by atoms with Gasteiger partial charge >= 0.3 is 0 Å². The minimum Gasteiger partial charge on any atom is -0.366 e. The zero-order chi connectivity index (χ0) is 13.5. The number of rotatable bonds is 1. The summed E-state index contributed by atoms with van der Waals surface area (Å²) in [6.45, 7) is 3.22. The van der Waals surface area contributed by atoms with E-state index in [4.69, 9.17) is 5.73 Å². The maximum absolute atomic E-state index is 10.6. The number of benzene rings is 1. The Morgan fingerprint density at radius 3 is 2.22 bits per heavy atom. The lowest BCUT2D eigenvalue weighted by Gasteiger charge is -2.10. The van der Waals surface area contributed by atoms with Crippen molar-refractivity contribution in [3.05, 3.63) is 35.9 Å². The molecule has 1 aromatic carbocycles. The van der Waals surface area contributed by atoms with E-state index in [0.717, 1.165) is 12.4 Å². The van der Waals surface area contributed by atoms with Crippen molar-refractivity contribution in [1.29, 1.82) is 0 Å². The van der Waals surface area contributed by atoms with Gasteiger partial charge in [0.15, 0.2) is 0 Å². The van der Waals surface area contributed by atoms with Crippen LogP contribution in [0.2, 0.25) is 0 Å². The van der Waals surface area contributed by atoms with Gasteiger partial charge in [-0.15, -0.1) is 0 Å². The van der Waals surface area contributed by atoms with Crippen molar-refractivity contribution in [1.82, 2.24) is 4.90 Å². The summed E-state index contributed by atoms with van der Waals surface area (Å²) in [7, 11) is 0. The second-order valence-electron chi connectivity index (χ2n) is 3.59. The molecule has 18 heavy (non-hydrogen) atoms. The summed E-state index contributed by atoms with van der Waals surface area (Å²) in [4.78, 5) is 26.5. The van der Waals surface area contributed by atoms with Crippen molar-refractivity contribution in [2.24, 2.45) is 10.7 Å². The van der Waals surface area contributed by atoms with Crippen molar-refractivity contribution in [2.45, 2.75) is 6.92 Å². The summed E-state index contributed by atoms with van der Waals surface area (Å²) < 4.78 is 0. The van der Waals surface area contributed by atoms with Crippen LogP contribution in [0.25, 0.3) is 0 Å². The number of amidine groups is 1. The Kier molecular flexibility index (Phi) is 5.38. The largest absolute Gasteiger partial charge is 0.366 e. The summed E-state index contributed by atoms with van der Waals surface area (Å²) in [5.74, 6) is 0.394. The van der Waals surface area contributed by atoms with E-state index >= 15 is 0 Å². The van der Waals surface area contributed by atoms with Gasteiger partial charge in [-0.05, 0) is 19.1 Å². The lowest BCUT2D eigenvalue weighted by Crippen LogP contribution is -2.27. The van der Waals surface area contributed by atoms with Crippen LogP contribution >= 0.6 is 12.6 Å². The van der Waals surface area contributed by atoms with Crippen LogP contribution < -0.4 is 5.73 Å². The molecule has 0 spiro atoms. The van der Waals surface area contributed by atoms with Crippen LogP contribution in [0.4, 0.5) is 4.79 Å². The standard InChI is InChI=1S/C7H7NO.C5H8N2OS/c8-7(9)6-4-2-1-3-5-6;1-4-6-2-3-7(4)5(8)9/h1-5H,(H2,8,9);2-3H2,1H3,(H,8,9). The summed E-state index contributed by atoms with van der Waals surface area (Å²) in [6.07, 6.45) is 0. The van der Waals surface area contributed by atoms with Gasteiger partial charge in [-0.3, -0.25) is 19.5 Å². The van der Waals surface area contributed by atoms with Crippen LogP contribution in [-0.2, 0) is 0 Å². The number of primary amides is 1. The molecular weight excluding hydrogens is 250 g/mol. The number of hydrogen-bond donors (Lipinski definition) is 2. The topological polar surface area (TPSA) is 75.8 Å². The monoisotopic (exact) mass is 265 g/mol. The van der Waals surface area contributed by atoms with Gasteiger partial charge in [0.2, 0.25) is 5.91 Å². The molecule has 2 rings (SSSR count). The van der Waals surface area contributed by atoms with Crippen molar-refractivity contribution >= 4 is 29.6 Å². The Balaban J connectivity index is 0.000000180. The van der Waals surface area contributed by atoms with Crippen LogP contribution in [0.1, 0.15) is 17.3 Å². The fourth-order valence-electron chi connectivity index (χ4n) is 1.40. The molecule has 0 saturated carbocycles. The van der Waals surface area contributed by atoms with E-state index in [1.807, 2.05) is 6.07 Å². The molecule has 0 atom stereocenters. The van der Waals surface area contributed by atoms with E-state index in [2.05, 4.69) is 17.6 Å². The molecule has 2 amide bonds. The fraction of sp³-hybridized carbons (Fsp3) is 0.250. The highest BCUT2D eigenvalue weighted by Crippen LogP contribution is 2.03. The predicted molar refractivity (Wildman–Crippen MR) is 74.0 cm³/mol. The molecule has 0 unspecified atom stereocenters. The number of hydrogen-bond acceptors (Lipinski definition) is 3. The predicted octanol–water partition coefficient (Wildman–Crippen LogP) is 1.56. The van der Waals surface area contributed by atoms with Gasteiger partial charge in [-0.1, -0.05) is 30.8 Å². The van der Waals surface area contributed by atoms with Crippen LogP contribution in [-0.4, -0.2) is 35.0 Å². The van der Waals surface area contributed by atoms with Crippen LogP contribution in [0.5, 0.6) is 0 Å². The van der Waals surface area contributed by atoms with Gasteiger partial charge in [0, 0.05) is 12.1 Å². The average Bonchev–Trinajstić information content (AvgIpc) is 2.77. The Hall–Kier alpha value is -1.82. The lowest BCUT2D eigenvalue weighted by molar-refractivity contribution is 0.100. The maximum atomic E-state index is 10.6. The molecule has 0 saturated heterocycles. The van der Waals surface area contributed by atoms with Crippen LogP contribution in [0.3, 0.4) is 0 Å². The minimum absolute atomic E-state index is 0.214. The molecule has 0 aliphatic carbocycles. The summed E-state index contributed by atoms with van der Waals surface area (Å²) >= 11 is 3.66. The Bertz CT molecular complexity index is 460. The molecule has 0 bridgehead atoms. The molecule has 2 N–H and O–H groups in total. The van der Waals surface area contributed by atoms with E-state index in [1.54, 1.807) is 36.1 Å². The number of carbonyl (C=O) groups excluding carboxylic acids is 2. The van der Waals surface area contributed by atoms with E-state index in [-0.39, 0.29) is 11.1 Å². The molecule has 0 radical (unpaired) electrons. The molecular formula is C12H15N3O2S. The second-order valence-corrected chi connectivity index (χ2v) is 3.98. The smallest absolute Gasteiger partial charge is 0.283 e. The van der Waals surface area contributed by atoms with Crippen molar-refractivity contribution in [3.8, 4) is 0 Å². The normalized spacial score (nSPS) is 13.4. The van der Waals surface area contributed by atoms with E-state index in [0.29, 0.717) is 12.1 Å². The van der Waals surface area contributed by atoms with Gasteiger partial charge in [-0.25, -0.2) is 0 Å². The SMILES string of the molecule is CC1=NCCN1C(=O)S.NC(=O)c1ccccc1. The molecule has 0 fully saturated rings. The first-order valence-corrected chi connectivity index (χ1v) is 5.83. The number of amides is 2. The third-order valence-corrected chi connectivity index (χ3v) is 2.59. The second kappa shape index (κ2) is 6.80. The summed E-state index contributed by atoms with van der Waals surface area (Å²) in [6, 6.07) is 8.76. The van der Waals surface area contributed by atoms with Crippen molar-refractivity contribution in [3.63, 3.8) is 0 Å². The number of aliphatic imine (C=N–C) groups is 1. The summed E-state index contributed by atoms with van der Waals surface area (Å²) in [5.41, 5.74) is 5.53. The van der Waals surface area contributed by atoms with E-state index in [1.165, 1.54) is 0 Å². The number of nitrogens with zero attached hydrogens (tertiary/aromatic N) is 2. The van der Waals surface area contributed by atoms with E-state index < -0.39 is 0 Å². The Labute approximate surface area is 111 Å². The van der Waals surface area contributed by atoms with E-state index in [9.17, 15) is 9.59 Å². The Morgan fingerprint density at radius 2 is 1.94 bits per heavy atom. The molecule has 1 aromatic rings. The highest BCUT2D eigenvalue weighted by molar-refractivity contribution is 7.96. The number of thiol groups is 1. The molecule has 0 aromatic heterocycles. The molecule has 96 valence electrons. The molecule has 5 nitrogen and oxygen atoms in total. The molecule has 6 heteroatoms. The lowest BCUT2D eigenvalue weighted by atomic mass is 10.2. The van der Waals surface area contributed by atoms with Gasteiger partial charge < -0.3 is 5.73 Å². The van der Waals surface area contributed by atoms with Crippen LogP contribution in [0.15, 0.2) is 35.3 Å². The molecule has 1 heterocycles. The zero-order valence-electron chi connectivity index (χ0n) is 10.0. The third-order valence-electron chi connectivity index (χ3n) is 2.34. The first kappa shape index (κ1) is 14.2. The zero-order valence-corrected chi connectivity index (χ0v) is 10.9. The first-order chi connectivity index (χ1) is 8.52. The number of nitrogens with two attached hydrogens (primary N) is 1. The highest BCUT2D eigenvalue weighted by atomic mass is 32.1. The molecule has 1 aliphatic heterocycles. The van der Waals surface area contributed by atoms with Gasteiger partial charge in [0.05, 0.1) is 6.54 Å². The number of carbonyl (C=O) groups is 2. The maximum Gasteiger partial charge on any atom is 0.283 e. The van der Waals surface area contributed by atoms with Gasteiger partial charge in [0.1, 0.15) is 5.84 Å².